The third-order valence-corrected chi connectivity index (χ3v) is 2.89. The smallest absolute Gasteiger partial charge is 0.123 e. The van der Waals surface area contributed by atoms with Gasteiger partial charge in [-0.1, -0.05) is 0 Å². The average molecular weight is 235 g/mol. The molecule has 3 nitrogen and oxygen atoms in total. The minimum atomic E-state index is 0.201. The third-order valence-electron chi connectivity index (χ3n) is 2.89. The summed E-state index contributed by atoms with van der Waals surface area (Å²) < 4.78 is 11.5. The van der Waals surface area contributed by atoms with Gasteiger partial charge in [0.05, 0.1) is 12.7 Å². The molecule has 94 valence electrons. The van der Waals surface area contributed by atoms with E-state index < -0.39 is 0 Å². The monoisotopic (exact) mass is 235 g/mol. The van der Waals surface area contributed by atoms with Gasteiger partial charge < -0.3 is 15.2 Å². The average Bonchev–Trinajstić information content (AvgIpc) is 2.72. The molecule has 2 N–H and O–H groups in total. The van der Waals surface area contributed by atoms with Crippen molar-refractivity contribution in [3.63, 3.8) is 0 Å². The first-order valence-electron chi connectivity index (χ1n) is 6.36. The fraction of sp³-hybridized carbons (Fsp3) is 0.571. The van der Waals surface area contributed by atoms with Crippen LogP contribution in [0.5, 0.6) is 11.5 Å². The molecule has 0 spiro atoms. The van der Waals surface area contributed by atoms with Crippen molar-refractivity contribution in [3.05, 3.63) is 23.3 Å². The molecular formula is C14H21NO2. The van der Waals surface area contributed by atoms with Gasteiger partial charge in [-0.25, -0.2) is 0 Å². The molecule has 1 heterocycles. The third kappa shape index (κ3) is 2.91. The van der Waals surface area contributed by atoms with E-state index in [9.17, 15) is 0 Å². The first kappa shape index (κ1) is 12.2. The van der Waals surface area contributed by atoms with Crippen molar-refractivity contribution < 1.29 is 9.47 Å². The van der Waals surface area contributed by atoms with Crippen LogP contribution in [0.1, 0.15) is 31.4 Å². The Labute approximate surface area is 103 Å². The second-order valence-corrected chi connectivity index (χ2v) is 4.72. The van der Waals surface area contributed by atoms with E-state index in [1.54, 1.807) is 0 Å². The van der Waals surface area contributed by atoms with Crippen LogP contribution < -0.4 is 15.2 Å². The number of aryl methyl sites for hydroxylation is 1. The van der Waals surface area contributed by atoms with E-state index in [1.807, 2.05) is 0 Å². The Balaban J connectivity index is 2.26. The summed E-state index contributed by atoms with van der Waals surface area (Å²) in [4.78, 5) is 0. The van der Waals surface area contributed by atoms with Crippen molar-refractivity contribution in [3.8, 4) is 11.5 Å². The Morgan fingerprint density at radius 3 is 2.94 bits per heavy atom. The van der Waals surface area contributed by atoms with Gasteiger partial charge in [-0.15, -0.1) is 0 Å². The summed E-state index contributed by atoms with van der Waals surface area (Å²) in [7, 11) is 0. The maximum absolute atomic E-state index is 5.87. The Hall–Kier alpha value is -1.22. The van der Waals surface area contributed by atoms with E-state index in [1.165, 1.54) is 11.1 Å². The molecule has 0 fully saturated rings. The van der Waals surface area contributed by atoms with Gasteiger partial charge in [0.25, 0.3) is 0 Å². The molecular weight excluding hydrogens is 214 g/mol. The van der Waals surface area contributed by atoms with Crippen LogP contribution in [0.4, 0.5) is 0 Å². The Morgan fingerprint density at radius 2 is 2.24 bits per heavy atom. The summed E-state index contributed by atoms with van der Waals surface area (Å²) in [6.07, 6.45) is 3.12. The number of benzene rings is 1. The second-order valence-electron chi connectivity index (χ2n) is 4.72. The largest absolute Gasteiger partial charge is 0.493 e. The summed E-state index contributed by atoms with van der Waals surface area (Å²) in [5, 5.41) is 0. The van der Waals surface area contributed by atoms with Crippen LogP contribution in [0.3, 0.4) is 0 Å². The Bertz CT molecular complexity index is 388. The molecule has 0 radical (unpaired) electrons. The van der Waals surface area contributed by atoms with E-state index in [0.717, 1.165) is 37.4 Å². The molecule has 2 rings (SSSR count). The number of nitrogens with two attached hydrogens (primary N) is 1. The maximum Gasteiger partial charge on any atom is 0.123 e. The number of rotatable bonds is 5. The maximum atomic E-state index is 5.87. The van der Waals surface area contributed by atoms with Crippen LogP contribution in [0, 0.1) is 0 Å². The lowest BCUT2D eigenvalue weighted by atomic mass is 10.0. The molecule has 1 aromatic carbocycles. The molecule has 0 bridgehead atoms. The SMILES string of the molecule is CC(C)Oc1cc2c(cc1CCCN)OCC2. The number of hydrogen-bond acceptors (Lipinski definition) is 3. The molecule has 17 heavy (non-hydrogen) atoms. The van der Waals surface area contributed by atoms with Gasteiger partial charge in [0.15, 0.2) is 0 Å². The predicted octanol–water partition coefficient (Wildman–Crippen LogP) is 2.30. The quantitative estimate of drug-likeness (QED) is 0.851. The molecule has 0 amide bonds. The second kappa shape index (κ2) is 5.41. The van der Waals surface area contributed by atoms with E-state index in [4.69, 9.17) is 15.2 Å². The number of hydrogen-bond donors (Lipinski definition) is 1. The van der Waals surface area contributed by atoms with Gasteiger partial charge in [0.1, 0.15) is 11.5 Å². The molecule has 0 atom stereocenters. The van der Waals surface area contributed by atoms with E-state index in [2.05, 4.69) is 26.0 Å². The van der Waals surface area contributed by atoms with Crippen molar-refractivity contribution in [1.82, 2.24) is 0 Å². The summed E-state index contributed by atoms with van der Waals surface area (Å²) in [5.74, 6) is 2.02. The summed E-state index contributed by atoms with van der Waals surface area (Å²) >= 11 is 0. The summed E-state index contributed by atoms with van der Waals surface area (Å²) in [6, 6.07) is 4.25. The van der Waals surface area contributed by atoms with Crippen LogP contribution >= 0.6 is 0 Å². The van der Waals surface area contributed by atoms with Crippen LogP contribution in [-0.2, 0) is 12.8 Å². The lowest BCUT2D eigenvalue weighted by Gasteiger charge is -2.15. The van der Waals surface area contributed by atoms with Gasteiger partial charge >= 0.3 is 0 Å². The number of fused-ring (bicyclic) bond motifs is 1. The fourth-order valence-electron chi connectivity index (χ4n) is 2.10. The van der Waals surface area contributed by atoms with Crippen molar-refractivity contribution in [2.75, 3.05) is 13.2 Å². The molecule has 0 unspecified atom stereocenters. The zero-order valence-electron chi connectivity index (χ0n) is 10.7. The summed E-state index contributed by atoms with van der Waals surface area (Å²) in [6.45, 7) is 5.60. The van der Waals surface area contributed by atoms with Crippen LogP contribution in [0.15, 0.2) is 12.1 Å². The predicted molar refractivity (Wildman–Crippen MR) is 68.8 cm³/mol. The highest BCUT2D eigenvalue weighted by atomic mass is 16.5. The van der Waals surface area contributed by atoms with Gasteiger partial charge in [-0.3, -0.25) is 0 Å². The van der Waals surface area contributed by atoms with Crippen molar-refractivity contribution in [2.45, 2.75) is 39.2 Å². The van der Waals surface area contributed by atoms with E-state index in [-0.39, 0.29) is 6.10 Å². The lowest BCUT2D eigenvalue weighted by Crippen LogP contribution is -2.09. The zero-order chi connectivity index (χ0) is 12.3. The molecule has 0 aliphatic carbocycles. The van der Waals surface area contributed by atoms with Crippen LogP contribution in [-0.4, -0.2) is 19.3 Å². The molecule has 0 aromatic heterocycles. The topological polar surface area (TPSA) is 44.5 Å². The minimum Gasteiger partial charge on any atom is -0.493 e. The van der Waals surface area contributed by atoms with Gasteiger partial charge in [-0.05, 0) is 50.9 Å². The summed E-state index contributed by atoms with van der Waals surface area (Å²) in [5.41, 5.74) is 8.04. The highest BCUT2D eigenvalue weighted by molar-refractivity contribution is 5.48. The molecule has 1 aliphatic heterocycles. The molecule has 1 aliphatic rings. The lowest BCUT2D eigenvalue weighted by molar-refractivity contribution is 0.239. The van der Waals surface area contributed by atoms with Gasteiger partial charge in [0, 0.05) is 12.0 Å². The first-order valence-corrected chi connectivity index (χ1v) is 6.36. The van der Waals surface area contributed by atoms with E-state index in [0.29, 0.717) is 6.54 Å². The number of ether oxygens (including phenoxy) is 2. The standard InChI is InChI=1S/C14H21NO2/c1-10(2)17-14-9-12-5-7-16-13(12)8-11(14)4-3-6-15/h8-10H,3-7,15H2,1-2H3. The van der Waals surface area contributed by atoms with Gasteiger partial charge in [0.2, 0.25) is 0 Å². The minimum absolute atomic E-state index is 0.201. The van der Waals surface area contributed by atoms with Crippen LogP contribution in [0.25, 0.3) is 0 Å². The van der Waals surface area contributed by atoms with Crippen molar-refractivity contribution in [1.29, 1.82) is 0 Å². The normalized spacial score (nSPS) is 13.6. The highest BCUT2D eigenvalue weighted by Gasteiger charge is 2.17. The van der Waals surface area contributed by atoms with Crippen molar-refractivity contribution in [2.24, 2.45) is 5.73 Å². The molecule has 0 saturated heterocycles. The zero-order valence-corrected chi connectivity index (χ0v) is 10.7. The molecule has 3 heteroatoms. The Morgan fingerprint density at radius 1 is 1.41 bits per heavy atom. The van der Waals surface area contributed by atoms with Crippen molar-refractivity contribution >= 4 is 0 Å². The van der Waals surface area contributed by atoms with E-state index >= 15 is 0 Å². The van der Waals surface area contributed by atoms with Gasteiger partial charge in [-0.2, -0.15) is 0 Å². The molecule has 0 saturated carbocycles. The Kier molecular flexibility index (Phi) is 3.89. The highest BCUT2D eigenvalue weighted by Crippen LogP contribution is 2.33. The first-order chi connectivity index (χ1) is 8.20. The fourth-order valence-corrected chi connectivity index (χ4v) is 2.10. The van der Waals surface area contributed by atoms with Crippen LogP contribution in [0.2, 0.25) is 0 Å². The molecule has 1 aromatic rings.